The van der Waals surface area contributed by atoms with Crippen LogP contribution in [0.5, 0.6) is 0 Å². The standard InChI is InChI=1S/C12H24N4/c1-4-6-10(3)8-11(13-7-5-2)12-9-14-16-15-12/h9-11,13H,4-8H2,1-3H3,(H,14,15,16). The van der Waals surface area contributed by atoms with E-state index in [1.54, 1.807) is 0 Å². The first-order chi connectivity index (χ1) is 7.77. The van der Waals surface area contributed by atoms with Crippen LogP contribution in [0, 0.1) is 5.92 Å². The van der Waals surface area contributed by atoms with Crippen LogP contribution in [0.1, 0.15) is 58.2 Å². The zero-order valence-electron chi connectivity index (χ0n) is 10.7. The zero-order valence-corrected chi connectivity index (χ0v) is 10.7. The van der Waals surface area contributed by atoms with Crippen LogP contribution in [0.4, 0.5) is 0 Å². The second-order valence-electron chi connectivity index (χ2n) is 4.53. The first-order valence-electron chi connectivity index (χ1n) is 6.36. The van der Waals surface area contributed by atoms with E-state index < -0.39 is 0 Å². The van der Waals surface area contributed by atoms with Gasteiger partial charge in [0, 0.05) is 0 Å². The summed E-state index contributed by atoms with van der Waals surface area (Å²) in [7, 11) is 0. The van der Waals surface area contributed by atoms with Gasteiger partial charge in [-0.25, -0.2) is 0 Å². The summed E-state index contributed by atoms with van der Waals surface area (Å²) in [5, 5.41) is 14.3. The Balaban J connectivity index is 2.50. The highest BCUT2D eigenvalue weighted by atomic mass is 15.3. The number of rotatable bonds is 8. The van der Waals surface area contributed by atoms with Gasteiger partial charge in [-0.15, -0.1) is 0 Å². The van der Waals surface area contributed by atoms with Crippen molar-refractivity contribution in [3.8, 4) is 0 Å². The third-order valence-electron chi connectivity index (χ3n) is 2.85. The van der Waals surface area contributed by atoms with E-state index in [0.29, 0.717) is 6.04 Å². The van der Waals surface area contributed by atoms with Crippen LogP contribution >= 0.6 is 0 Å². The highest BCUT2D eigenvalue weighted by Gasteiger charge is 2.16. The molecule has 4 heteroatoms. The lowest BCUT2D eigenvalue weighted by molar-refractivity contribution is 0.384. The van der Waals surface area contributed by atoms with Gasteiger partial charge in [0.1, 0.15) is 0 Å². The lowest BCUT2D eigenvalue weighted by atomic mass is 9.96. The molecule has 2 unspecified atom stereocenters. The molecule has 0 bridgehead atoms. The van der Waals surface area contributed by atoms with Gasteiger partial charge in [0.15, 0.2) is 0 Å². The van der Waals surface area contributed by atoms with Crippen LogP contribution in [-0.4, -0.2) is 22.0 Å². The van der Waals surface area contributed by atoms with Crippen LogP contribution in [-0.2, 0) is 0 Å². The Labute approximate surface area is 98.2 Å². The predicted octanol–water partition coefficient (Wildman–Crippen LogP) is 2.67. The predicted molar refractivity (Wildman–Crippen MR) is 66.1 cm³/mol. The molecule has 1 aromatic heterocycles. The van der Waals surface area contributed by atoms with E-state index in [0.717, 1.165) is 31.0 Å². The molecule has 2 atom stereocenters. The number of nitrogens with one attached hydrogen (secondary N) is 2. The summed E-state index contributed by atoms with van der Waals surface area (Å²) in [6.45, 7) is 7.77. The van der Waals surface area contributed by atoms with Crippen molar-refractivity contribution in [2.75, 3.05) is 6.54 Å². The van der Waals surface area contributed by atoms with E-state index in [-0.39, 0.29) is 0 Å². The Morgan fingerprint density at radius 1 is 1.38 bits per heavy atom. The van der Waals surface area contributed by atoms with Crippen molar-refractivity contribution in [3.63, 3.8) is 0 Å². The summed E-state index contributed by atoms with van der Waals surface area (Å²) in [6.07, 6.45) is 6.64. The Kier molecular flexibility index (Phi) is 6.08. The fourth-order valence-corrected chi connectivity index (χ4v) is 2.02. The molecule has 0 aliphatic carbocycles. The van der Waals surface area contributed by atoms with Crippen LogP contribution in [0.3, 0.4) is 0 Å². The second-order valence-corrected chi connectivity index (χ2v) is 4.53. The molecule has 0 radical (unpaired) electrons. The van der Waals surface area contributed by atoms with Crippen LogP contribution in [0.15, 0.2) is 6.20 Å². The summed E-state index contributed by atoms with van der Waals surface area (Å²) in [5.41, 5.74) is 1.04. The van der Waals surface area contributed by atoms with Crippen molar-refractivity contribution in [2.24, 2.45) is 5.92 Å². The molecule has 1 rings (SSSR count). The molecular formula is C12H24N4. The number of hydrogen-bond donors (Lipinski definition) is 2. The van der Waals surface area contributed by atoms with E-state index >= 15 is 0 Å². The Hall–Kier alpha value is -0.900. The van der Waals surface area contributed by atoms with E-state index in [1.807, 2.05) is 6.20 Å². The minimum atomic E-state index is 0.347. The summed E-state index contributed by atoms with van der Waals surface area (Å²) < 4.78 is 0. The molecule has 0 saturated heterocycles. The molecular weight excluding hydrogens is 200 g/mol. The first-order valence-corrected chi connectivity index (χ1v) is 6.36. The minimum absolute atomic E-state index is 0.347. The van der Waals surface area contributed by atoms with Gasteiger partial charge in [-0.2, -0.15) is 15.4 Å². The molecule has 16 heavy (non-hydrogen) atoms. The largest absolute Gasteiger partial charge is 0.309 e. The maximum atomic E-state index is 4.18. The third-order valence-corrected chi connectivity index (χ3v) is 2.85. The van der Waals surface area contributed by atoms with E-state index in [1.165, 1.54) is 12.8 Å². The lowest BCUT2D eigenvalue weighted by Crippen LogP contribution is -2.24. The molecule has 0 saturated carbocycles. The SMILES string of the molecule is CCCNC(CC(C)CCC)c1cn[nH]n1. The molecule has 4 nitrogen and oxygen atoms in total. The fourth-order valence-electron chi connectivity index (χ4n) is 2.02. The quantitative estimate of drug-likeness (QED) is 0.714. The van der Waals surface area contributed by atoms with Crippen molar-refractivity contribution < 1.29 is 0 Å². The normalized spacial score (nSPS) is 14.9. The maximum absolute atomic E-state index is 4.18. The average molecular weight is 224 g/mol. The van der Waals surface area contributed by atoms with Gasteiger partial charge >= 0.3 is 0 Å². The van der Waals surface area contributed by atoms with Crippen molar-refractivity contribution in [2.45, 2.75) is 52.5 Å². The first kappa shape index (κ1) is 13.2. The van der Waals surface area contributed by atoms with Crippen molar-refractivity contribution in [3.05, 3.63) is 11.9 Å². The van der Waals surface area contributed by atoms with Crippen molar-refractivity contribution in [1.29, 1.82) is 0 Å². The molecule has 0 amide bonds. The number of hydrogen-bond acceptors (Lipinski definition) is 3. The number of aromatic nitrogens is 3. The Morgan fingerprint density at radius 2 is 2.19 bits per heavy atom. The molecule has 1 heterocycles. The second kappa shape index (κ2) is 7.39. The van der Waals surface area contributed by atoms with E-state index in [2.05, 4.69) is 41.5 Å². The molecule has 92 valence electrons. The van der Waals surface area contributed by atoms with Gasteiger partial charge in [0.25, 0.3) is 0 Å². The number of H-pyrrole nitrogens is 1. The van der Waals surface area contributed by atoms with Gasteiger partial charge < -0.3 is 5.32 Å². The van der Waals surface area contributed by atoms with Crippen molar-refractivity contribution >= 4 is 0 Å². The molecule has 0 aromatic carbocycles. The van der Waals surface area contributed by atoms with Gasteiger partial charge in [-0.3, -0.25) is 0 Å². The van der Waals surface area contributed by atoms with E-state index in [9.17, 15) is 0 Å². The summed E-state index contributed by atoms with van der Waals surface area (Å²) >= 11 is 0. The Bertz CT molecular complexity index is 258. The van der Waals surface area contributed by atoms with Gasteiger partial charge in [-0.05, 0) is 25.3 Å². The number of nitrogens with zero attached hydrogens (tertiary/aromatic N) is 2. The molecule has 0 aliphatic heterocycles. The van der Waals surface area contributed by atoms with Gasteiger partial charge in [-0.1, -0.05) is 33.6 Å². The van der Waals surface area contributed by atoms with Gasteiger partial charge in [0.2, 0.25) is 0 Å². The summed E-state index contributed by atoms with van der Waals surface area (Å²) in [6, 6.07) is 0.347. The highest BCUT2D eigenvalue weighted by molar-refractivity contribution is 4.99. The van der Waals surface area contributed by atoms with Gasteiger partial charge in [0.05, 0.1) is 17.9 Å². The summed E-state index contributed by atoms with van der Waals surface area (Å²) in [4.78, 5) is 0. The van der Waals surface area contributed by atoms with Crippen molar-refractivity contribution in [1.82, 2.24) is 20.7 Å². The third kappa shape index (κ3) is 4.31. The topological polar surface area (TPSA) is 53.6 Å². The average Bonchev–Trinajstić information content (AvgIpc) is 2.77. The monoisotopic (exact) mass is 224 g/mol. The van der Waals surface area contributed by atoms with Crippen LogP contribution in [0.2, 0.25) is 0 Å². The zero-order chi connectivity index (χ0) is 11.8. The van der Waals surface area contributed by atoms with Crippen LogP contribution in [0.25, 0.3) is 0 Å². The maximum Gasteiger partial charge on any atom is 0.0993 e. The smallest absolute Gasteiger partial charge is 0.0993 e. The molecule has 0 fully saturated rings. The minimum Gasteiger partial charge on any atom is -0.309 e. The lowest BCUT2D eigenvalue weighted by Gasteiger charge is -2.19. The van der Waals surface area contributed by atoms with Crippen LogP contribution < -0.4 is 5.32 Å². The fraction of sp³-hybridized carbons (Fsp3) is 0.833. The highest BCUT2D eigenvalue weighted by Crippen LogP contribution is 2.21. The van der Waals surface area contributed by atoms with E-state index in [4.69, 9.17) is 0 Å². The molecule has 2 N–H and O–H groups in total. The molecule has 0 spiro atoms. The number of aromatic amines is 1. The molecule has 1 aromatic rings. The Morgan fingerprint density at radius 3 is 2.75 bits per heavy atom. The summed E-state index contributed by atoms with van der Waals surface area (Å²) in [5.74, 6) is 0.732. The molecule has 0 aliphatic rings.